The van der Waals surface area contributed by atoms with Gasteiger partial charge in [-0.1, -0.05) is 23.7 Å². The molecule has 1 amide bonds. The van der Waals surface area contributed by atoms with Crippen LogP contribution in [0.3, 0.4) is 0 Å². The second kappa shape index (κ2) is 8.33. The van der Waals surface area contributed by atoms with E-state index < -0.39 is 33.4 Å². The van der Waals surface area contributed by atoms with Gasteiger partial charge >= 0.3 is 6.18 Å². The van der Waals surface area contributed by atoms with Crippen LogP contribution in [-0.4, -0.2) is 19.3 Å². The summed E-state index contributed by atoms with van der Waals surface area (Å²) >= 11 is 5.74. The first-order chi connectivity index (χ1) is 14.1. The van der Waals surface area contributed by atoms with Gasteiger partial charge in [0, 0.05) is 11.2 Å². The van der Waals surface area contributed by atoms with Crippen molar-refractivity contribution in [1.29, 1.82) is 0 Å². The topological polar surface area (TPSA) is 88.2 Å². The highest BCUT2D eigenvalue weighted by Crippen LogP contribution is 2.34. The van der Waals surface area contributed by atoms with Crippen LogP contribution < -0.4 is 10.0 Å². The van der Waals surface area contributed by atoms with Crippen LogP contribution in [0.25, 0.3) is 0 Å². The number of benzene rings is 2. The third kappa shape index (κ3) is 5.08. The summed E-state index contributed by atoms with van der Waals surface area (Å²) in [5.74, 6) is -0.883. The molecule has 0 fully saturated rings. The van der Waals surface area contributed by atoms with E-state index in [2.05, 4.69) is 15.0 Å². The molecule has 0 atom stereocenters. The first-order valence-corrected chi connectivity index (χ1v) is 10.1. The second-order valence-corrected chi connectivity index (χ2v) is 8.14. The van der Waals surface area contributed by atoms with Crippen LogP contribution in [0, 0.1) is 0 Å². The fourth-order valence-electron chi connectivity index (χ4n) is 2.48. The molecule has 30 heavy (non-hydrogen) atoms. The molecule has 2 aromatic carbocycles. The van der Waals surface area contributed by atoms with Gasteiger partial charge in [0.1, 0.15) is 0 Å². The molecule has 0 aliphatic rings. The third-order valence-corrected chi connectivity index (χ3v) is 5.51. The summed E-state index contributed by atoms with van der Waals surface area (Å²) in [6.45, 7) is 0. The Kier molecular flexibility index (Phi) is 5.99. The monoisotopic (exact) mass is 455 g/mol. The number of aromatic nitrogens is 1. The molecule has 2 N–H and O–H groups in total. The summed E-state index contributed by atoms with van der Waals surface area (Å²) in [7, 11) is -3.99. The van der Waals surface area contributed by atoms with E-state index in [0.29, 0.717) is 5.02 Å². The molecule has 0 aliphatic heterocycles. The van der Waals surface area contributed by atoms with Crippen LogP contribution in [0.4, 0.5) is 24.5 Å². The number of sulfonamides is 1. The van der Waals surface area contributed by atoms with Crippen LogP contribution in [-0.2, 0) is 16.2 Å². The van der Waals surface area contributed by atoms with Gasteiger partial charge in [-0.2, -0.15) is 13.2 Å². The fraction of sp³-hybridized carbons (Fsp3) is 0.0526. The number of carbonyl (C=O) groups is 1. The lowest BCUT2D eigenvalue weighted by Gasteiger charge is -2.14. The summed E-state index contributed by atoms with van der Waals surface area (Å²) in [6, 6.07) is 11.0. The minimum atomic E-state index is -4.65. The molecule has 6 nitrogen and oxygen atoms in total. The van der Waals surface area contributed by atoms with E-state index in [-0.39, 0.29) is 16.1 Å². The maximum Gasteiger partial charge on any atom is 0.418 e. The minimum Gasteiger partial charge on any atom is -0.321 e. The fourth-order valence-corrected chi connectivity index (χ4v) is 3.64. The zero-order chi connectivity index (χ0) is 21.9. The Hall–Kier alpha value is -3.11. The summed E-state index contributed by atoms with van der Waals surface area (Å²) in [5.41, 5.74) is -1.61. The number of nitrogens with one attached hydrogen (secondary N) is 2. The summed E-state index contributed by atoms with van der Waals surface area (Å²) in [4.78, 5) is 16.1. The lowest BCUT2D eigenvalue weighted by molar-refractivity contribution is -0.136. The summed E-state index contributed by atoms with van der Waals surface area (Å²) in [6.07, 6.45) is -2.39. The average molecular weight is 456 g/mol. The first-order valence-electron chi connectivity index (χ1n) is 8.27. The highest BCUT2D eigenvalue weighted by Gasteiger charge is 2.33. The maximum atomic E-state index is 13.1. The van der Waals surface area contributed by atoms with Crippen molar-refractivity contribution in [2.24, 2.45) is 0 Å². The highest BCUT2D eigenvalue weighted by atomic mass is 35.5. The third-order valence-electron chi connectivity index (χ3n) is 3.86. The molecule has 3 rings (SSSR count). The number of halogens is 4. The van der Waals surface area contributed by atoms with E-state index in [1.165, 1.54) is 36.4 Å². The number of nitrogens with zero attached hydrogens (tertiary/aromatic N) is 1. The second-order valence-electron chi connectivity index (χ2n) is 6.02. The van der Waals surface area contributed by atoms with Gasteiger partial charge in [0.05, 0.1) is 33.6 Å². The molecular formula is C19H13ClF3N3O3S. The Labute approximate surface area is 174 Å². The number of hydrogen-bond donors (Lipinski definition) is 2. The molecule has 0 bridgehead atoms. The predicted molar refractivity (Wildman–Crippen MR) is 106 cm³/mol. The lowest BCUT2D eigenvalue weighted by atomic mass is 10.1. The van der Waals surface area contributed by atoms with Crippen molar-refractivity contribution in [3.05, 3.63) is 83.1 Å². The van der Waals surface area contributed by atoms with E-state index >= 15 is 0 Å². The van der Waals surface area contributed by atoms with E-state index in [1.54, 1.807) is 0 Å². The predicted octanol–water partition coefficient (Wildman–Crippen LogP) is 4.81. The Bertz CT molecular complexity index is 1180. The molecule has 3 aromatic rings. The number of alkyl halides is 3. The van der Waals surface area contributed by atoms with Gasteiger partial charge in [-0.3, -0.25) is 14.5 Å². The van der Waals surface area contributed by atoms with Crippen LogP contribution in [0.5, 0.6) is 0 Å². The number of pyridine rings is 1. The van der Waals surface area contributed by atoms with Gasteiger partial charge < -0.3 is 5.32 Å². The van der Waals surface area contributed by atoms with Crippen LogP contribution in [0.1, 0.15) is 15.9 Å². The van der Waals surface area contributed by atoms with Crippen LogP contribution in [0.2, 0.25) is 5.02 Å². The van der Waals surface area contributed by atoms with Gasteiger partial charge in [-0.05, 0) is 42.5 Å². The van der Waals surface area contributed by atoms with Crippen molar-refractivity contribution in [2.75, 3.05) is 10.0 Å². The molecule has 0 spiro atoms. The Balaban J connectivity index is 1.82. The SMILES string of the molecule is O=C(Nc1ccccc1C(F)(F)F)c1cncc(NS(=O)(=O)c2ccc(Cl)cc2)c1. The van der Waals surface area contributed by atoms with E-state index in [9.17, 15) is 26.4 Å². The van der Waals surface area contributed by atoms with Gasteiger partial charge in [0.15, 0.2) is 0 Å². The standard InChI is InChI=1S/C19H13ClF3N3O3S/c20-13-5-7-15(8-6-13)30(28,29)26-14-9-12(10-24-11-14)18(27)25-17-4-2-1-3-16(17)19(21,22)23/h1-11,26H,(H,25,27). The zero-order valence-electron chi connectivity index (χ0n) is 14.9. The number of para-hydroxylation sites is 1. The minimum absolute atomic E-state index is 0.0401. The molecule has 1 heterocycles. The smallest absolute Gasteiger partial charge is 0.321 e. The Morgan fingerprint density at radius 3 is 2.33 bits per heavy atom. The van der Waals surface area contributed by atoms with Gasteiger partial charge in [-0.25, -0.2) is 8.42 Å². The molecule has 0 unspecified atom stereocenters. The normalized spacial score (nSPS) is 11.7. The Morgan fingerprint density at radius 1 is 1.00 bits per heavy atom. The first kappa shape index (κ1) is 21.6. The summed E-state index contributed by atoms with van der Waals surface area (Å²) in [5, 5.41) is 2.53. The summed E-state index contributed by atoms with van der Waals surface area (Å²) < 4.78 is 66.4. The van der Waals surface area contributed by atoms with Gasteiger partial charge in [0.2, 0.25) is 0 Å². The van der Waals surface area contributed by atoms with Crippen molar-refractivity contribution in [3.63, 3.8) is 0 Å². The molecule has 0 saturated carbocycles. The van der Waals surface area contributed by atoms with Gasteiger partial charge in [-0.15, -0.1) is 0 Å². The average Bonchev–Trinajstić information content (AvgIpc) is 2.68. The maximum absolute atomic E-state index is 13.1. The molecule has 11 heteroatoms. The number of carbonyl (C=O) groups excluding carboxylic acids is 1. The quantitative estimate of drug-likeness (QED) is 0.578. The van der Waals surface area contributed by atoms with Crippen molar-refractivity contribution >= 4 is 38.9 Å². The number of anilines is 2. The molecule has 0 aliphatic carbocycles. The Morgan fingerprint density at radius 2 is 1.67 bits per heavy atom. The van der Waals surface area contributed by atoms with Crippen molar-refractivity contribution in [2.45, 2.75) is 11.1 Å². The number of hydrogen-bond acceptors (Lipinski definition) is 4. The molecule has 1 aromatic heterocycles. The van der Waals surface area contributed by atoms with E-state index in [0.717, 1.165) is 30.6 Å². The largest absolute Gasteiger partial charge is 0.418 e. The lowest BCUT2D eigenvalue weighted by Crippen LogP contribution is -2.18. The van der Waals surface area contributed by atoms with Crippen LogP contribution >= 0.6 is 11.6 Å². The van der Waals surface area contributed by atoms with E-state index in [1.807, 2.05) is 0 Å². The molecule has 0 saturated heterocycles. The highest BCUT2D eigenvalue weighted by molar-refractivity contribution is 7.92. The molecular weight excluding hydrogens is 443 g/mol. The van der Waals surface area contributed by atoms with E-state index in [4.69, 9.17) is 11.6 Å². The molecule has 156 valence electrons. The molecule has 0 radical (unpaired) electrons. The zero-order valence-corrected chi connectivity index (χ0v) is 16.5. The van der Waals surface area contributed by atoms with Crippen molar-refractivity contribution < 1.29 is 26.4 Å². The number of rotatable bonds is 5. The van der Waals surface area contributed by atoms with Crippen molar-refractivity contribution in [1.82, 2.24) is 4.98 Å². The number of amides is 1. The van der Waals surface area contributed by atoms with Gasteiger partial charge in [0.25, 0.3) is 15.9 Å². The van der Waals surface area contributed by atoms with Crippen molar-refractivity contribution in [3.8, 4) is 0 Å². The van der Waals surface area contributed by atoms with Crippen LogP contribution in [0.15, 0.2) is 71.9 Å².